The highest BCUT2D eigenvalue weighted by Crippen LogP contribution is 2.22. The molecule has 1 unspecified atom stereocenters. The molecule has 7 heteroatoms. The normalized spacial score (nSPS) is 11.6. The van der Waals surface area contributed by atoms with Crippen molar-refractivity contribution in [2.24, 2.45) is 0 Å². The van der Waals surface area contributed by atoms with Crippen LogP contribution in [0.1, 0.15) is 18.8 Å². The first-order valence-electron chi connectivity index (χ1n) is 7.88. The lowest BCUT2D eigenvalue weighted by Crippen LogP contribution is -2.14. The molecule has 1 aromatic heterocycles. The van der Waals surface area contributed by atoms with E-state index in [2.05, 4.69) is 25.6 Å². The summed E-state index contributed by atoms with van der Waals surface area (Å²) in [6, 6.07) is 17.2. The van der Waals surface area contributed by atoms with Crippen molar-refractivity contribution in [3.05, 3.63) is 60.4 Å². The number of para-hydroxylation sites is 1. The van der Waals surface area contributed by atoms with Crippen molar-refractivity contribution < 1.29 is 4.74 Å². The van der Waals surface area contributed by atoms with E-state index in [1.807, 2.05) is 61.5 Å². The quantitative estimate of drug-likeness (QED) is 0.634. The fraction of sp³-hybridized carbons (Fsp3) is 0.167. The molecule has 1 atom stereocenters. The number of nitrogen functional groups attached to an aromatic ring is 1. The molecule has 2 aromatic carbocycles. The first-order chi connectivity index (χ1) is 12.1. The second kappa shape index (κ2) is 7.48. The summed E-state index contributed by atoms with van der Waals surface area (Å²) in [6.45, 7) is 1.96. The molecule has 128 valence electrons. The van der Waals surface area contributed by atoms with E-state index in [-0.39, 0.29) is 12.0 Å². The van der Waals surface area contributed by atoms with Crippen molar-refractivity contribution in [3.63, 3.8) is 0 Å². The molecular weight excluding hydrogens is 316 g/mol. The smallest absolute Gasteiger partial charge is 0.232 e. The van der Waals surface area contributed by atoms with Crippen LogP contribution in [0.15, 0.2) is 54.6 Å². The Morgan fingerprint density at radius 3 is 2.48 bits per heavy atom. The first kappa shape index (κ1) is 16.5. The van der Waals surface area contributed by atoms with E-state index in [1.54, 1.807) is 7.11 Å². The Labute approximate surface area is 146 Å². The molecule has 0 saturated heterocycles. The average Bonchev–Trinajstić information content (AvgIpc) is 2.62. The van der Waals surface area contributed by atoms with Gasteiger partial charge in [0.2, 0.25) is 11.9 Å². The summed E-state index contributed by atoms with van der Waals surface area (Å²) in [6.07, 6.45) is 0. The summed E-state index contributed by atoms with van der Waals surface area (Å²) in [7, 11) is 1.64. The molecule has 4 N–H and O–H groups in total. The third-order valence-electron chi connectivity index (χ3n) is 3.54. The third kappa shape index (κ3) is 4.35. The van der Waals surface area contributed by atoms with Gasteiger partial charge in [-0.15, -0.1) is 0 Å². The Balaban J connectivity index is 1.79. The predicted molar refractivity (Wildman–Crippen MR) is 99.0 cm³/mol. The van der Waals surface area contributed by atoms with Gasteiger partial charge in [0.05, 0.1) is 13.2 Å². The Morgan fingerprint density at radius 1 is 0.960 bits per heavy atom. The second-order valence-corrected chi connectivity index (χ2v) is 5.46. The van der Waals surface area contributed by atoms with Crippen LogP contribution < -0.4 is 21.1 Å². The highest BCUT2D eigenvalue weighted by atomic mass is 16.5. The van der Waals surface area contributed by atoms with Crippen molar-refractivity contribution in [1.29, 1.82) is 0 Å². The molecule has 7 nitrogen and oxygen atoms in total. The van der Waals surface area contributed by atoms with Gasteiger partial charge in [-0.3, -0.25) is 0 Å². The molecule has 0 fully saturated rings. The summed E-state index contributed by atoms with van der Waals surface area (Å²) in [5, 5.41) is 6.47. The largest absolute Gasteiger partial charge is 0.497 e. The van der Waals surface area contributed by atoms with E-state index in [9.17, 15) is 0 Å². The molecule has 0 amide bonds. The van der Waals surface area contributed by atoms with E-state index >= 15 is 0 Å². The maximum Gasteiger partial charge on any atom is 0.232 e. The number of ether oxygens (including phenoxy) is 1. The van der Waals surface area contributed by atoms with Gasteiger partial charge in [0.1, 0.15) is 5.75 Å². The molecule has 0 aliphatic rings. The Bertz CT molecular complexity index is 840. The molecule has 0 aliphatic heterocycles. The number of rotatable bonds is 6. The number of hydrogen-bond acceptors (Lipinski definition) is 7. The lowest BCUT2D eigenvalue weighted by molar-refractivity contribution is 0.415. The van der Waals surface area contributed by atoms with Crippen LogP contribution in [0.5, 0.6) is 5.75 Å². The van der Waals surface area contributed by atoms with Crippen LogP contribution in [0.3, 0.4) is 0 Å². The molecule has 0 aliphatic carbocycles. The van der Waals surface area contributed by atoms with E-state index in [0.29, 0.717) is 11.8 Å². The van der Waals surface area contributed by atoms with E-state index < -0.39 is 0 Å². The van der Waals surface area contributed by atoms with E-state index in [0.717, 1.165) is 17.1 Å². The Morgan fingerprint density at radius 2 is 1.72 bits per heavy atom. The molecule has 1 heterocycles. The number of aromatic nitrogens is 3. The van der Waals surface area contributed by atoms with Gasteiger partial charge in [0, 0.05) is 17.4 Å². The van der Waals surface area contributed by atoms with Crippen molar-refractivity contribution in [3.8, 4) is 5.75 Å². The number of nitrogens with two attached hydrogens (primary N) is 1. The minimum absolute atomic E-state index is 0.159. The van der Waals surface area contributed by atoms with Crippen LogP contribution in [0.4, 0.5) is 23.3 Å². The van der Waals surface area contributed by atoms with Gasteiger partial charge in [0.15, 0.2) is 5.82 Å². The summed E-state index contributed by atoms with van der Waals surface area (Å²) in [5.74, 6) is 1.91. The maximum atomic E-state index is 5.84. The zero-order valence-electron chi connectivity index (χ0n) is 14.1. The number of nitrogens with one attached hydrogen (secondary N) is 2. The van der Waals surface area contributed by atoms with Gasteiger partial charge in [-0.2, -0.15) is 15.0 Å². The summed E-state index contributed by atoms with van der Waals surface area (Å²) in [4.78, 5) is 12.8. The molecule has 0 saturated carbocycles. The van der Waals surface area contributed by atoms with Crippen LogP contribution in [-0.4, -0.2) is 22.1 Å². The van der Waals surface area contributed by atoms with Gasteiger partial charge in [0.25, 0.3) is 0 Å². The number of anilines is 4. The first-order valence-corrected chi connectivity index (χ1v) is 7.88. The molecular formula is C18H20N6O. The third-order valence-corrected chi connectivity index (χ3v) is 3.54. The highest BCUT2D eigenvalue weighted by molar-refractivity contribution is 5.54. The fourth-order valence-electron chi connectivity index (χ4n) is 2.34. The molecule has 3 rings (SSSR count). The lowest BCUT2D eigenvalue weighted by atomic mass is 10.2. The van der Waals surface area contributed by atoms with Crippen LogP contribution in [0, 0.1) is 0 Å². The summed E-state index contributed by atoms with van der Waals surface area (Å²) >= 11 is 0. The molecule has 0 spiro atoms. The number of nitrogens with zero attached hydrogens (tertiary/aromatic N) is 3. The van der Waals surface area contributed by atoms with Crippen molar-refractivity contribution in [2.45, 2.75) is 13.0 Å². The molecule has 25 heavy (non-hydrogen) atoms. The highest BCUT2D eigenvalue weighted by Gasteiger charge is 2.12. The zero-order chi connectivity index (χ0) is 17.6. The van der Waals surface area contributed by atoms with Crippen molar-refractivity contribution in [2.75, 3.05) is 23.5 Å². The predicted octanol–water partition coefficient (Wildman–Crippen LogP) is 3.38. The number of methoxy groups -OCH3 is 1. The molecule has 3 aromatic rings. The van der Waals surface area contributed by atoms with Crippen LogP contribution in [0.2, 0.25) is 0 Å². The van der Waals surface area contributed by atoms with Crippen LogP contribution >= 0.6 is 0 Å². The second-order valence-electron chi connectivity index (χ2n) is 5.46. The van der Waals surface area contributed by atoms with Crippen LogP contribution in [0.25, 0.3) is 0 Å². The van der Waals surface area contributed by atoms with Gasteiger partial charge in [-0.25, -0.2) is 0 Å². The number of hydrogen-bond donors (Lipinski definition) is 3. The Kier molecular flexibility index (Phi) is 4.94. The minimum atomic E-state index is -0.159. The zero-order valence-corrected chi connectivity index (χ0v) is 14.1. The monoisotopic (exact) mass is 336 g/mol. The Hall–Kier alpha value is -3.35. The number of benzene rings is 2. The minimum Gasteiger partial charge on any atom is -0.497 e. The molecule has 0 bridgehead atoms. The van der Waals surface area contributed by atoms with E-state index in [4.69, 9.17) is 10.5 Å². The van der Waals surface area contributed by atoms with Gasteiger partial charge in [-0.1, -0.05) is 24.3 Å². The van der Waals surface area contributed by atoms with Gasteiger partial charge >= 0.3 is 0 Å². The van der Waals surface area contributed by atoms with Crippen molar-refractivity contribution in [1.82, 2.24) is 15.0 Å². The van der Waals surface area contributed by atoms with Gasteiger partial charge < -0.3 is 21.1 Å². The lowest BCUT2D eigenvalue weighted by Gasteiger charge is -2.16. The summed E-state index contributed by atoms with van der Waals surface area (Å²) < 4.78 is 5.24. The SMILES string of the molecule is COc1cccc(NC(C)c2nc(N)nc(Nc3ccccc3)n2)c1. The standard InChI is InChI=1S/C18H20N6O/c1-12(20-14-9-6-10-15(11-14)25-2)16-22-17(19)24-18(23-16)21-13-7-4-3-5-8-13/h3-12,20H,1-2H3,(H3,19,21,22,23,24). The fourth-order valence-corrected chi connectivity index (χ4v) is 2.34. The van der Waals surface area contributed by atoms with Crippen LogP contribution in [-0.2, 0) is 0 Å². The summed E-state index contributed by atoms with van der Waals surface area (Å²) in [5.41, 5.74) is 7.63. The average molecular weight is 336 g/mol. The molecule has 0 radical (unpaired) electrons. The van der Waals surface area contributed by atoms with Crippen molar-refractivity contribution >= 4 is 23.3 Å². The topological polar surface area (TPSA) is 98.0 Å². The maximum absolute atomic E-state index is 5.84. The van der Waals surface area contributed by atoms with Gasteiger partial charge in [-0.05, 0) is 31.2 Å². The van der Waals surface area contributed by atoms with E-state index in [1.165, 1.54) is 0 Å².